The summed E-state index contributed by atoms with van der Waals surface area (Å²) in [5.74, 6) is -0.978. The van der Waals surface area contributed by atoms with E-state index in [0.717, 1.165) is 38.3 Å². The number of benzene rings is 1. The van der Waals surface area contributed by atoms with Crippen LogP contribution in [0.2, 0.25) is 0 Å². The molecule has 2 unspecified atom stereocenters. The SMILES string of the molecule is CCCNC(CCC)C(CC)Sc1ccc(F)cc1F. The van der Waals surface area contributed by atoms with Crippen LogP contribution in [-0.2, 0) is 0 Å². The molecule has 0 heterocycles. The highest BCUT2D eigenvalue weighted by Gasteiger charge is 2.21. The van der Waals surface area contributed by atoms with Crippen molar-refractivity contribution in [1.82, 2.24) is 5.32 Å². The first-order valence-electron chi connectivity index (χ1n) is 7.47. The molecule has 0 radical (unpaired) electrons. The third-order valence-electron chi connectivity index (χ3n) is 3.28. The van der Waals surface area contributed by atoms with Crippen LogP contribution in [0.4, 0.5) is 8.78 Å². The van der Waals surface area contributed by atoms with E-state index >= 15 is 0 Å². The number of thioether (sulfide) groups is 1. The van der Waals surface area contributed by atoms with Gasteiger partial charge in [-0.1, -0.05) is 27.2 Å². The summed E-state index contributed by atoms with van der Waals surface area (Å²) in [5.41, 5.74) is 0. The second-order valence-electron chi connectivity index (χ2n) is 4.99. The molecular formula is C16H25F2NS. The maximum Gasteiger partial charge on any atom is 0.139 e. The Morgan fingerprint density at radius 1 is 1.15 bits per heavy atom. The molecule has 1 N–H and O–H groups in total. The highest BCUT2D eigenvalue weighted by molar-refractivity contribution is 8.00. The molecule has 1 nitrogen and oxygen atoms in total. The summed E-state index contributed by atoms with van der Waals surface area (Å²) in [6, 6.07) is 4.20. The van der Waals surface area contributed by atoms with Crippen molar-refractivity contribution in [2.75, 3.05) is 6.54 Å². The first-order chi connectivity index (χ1) is 9.62. The van der Waals surface area contributed by atoms with E-state index in [9.17, 15) is 8.78 Å². The van der Waals surface area contributed by atoms with Crippen LogP contribution in [0.3, 0.4) is 0 Å². The minimum Gasteiger partial charge on any atom is -0.313 e. The van der Waals surface area contributed by atoms with Crippen molar-refractivity contribution < 1.29 is 8.78 Å². The molecular weight excluding hydrogens is 276 g/mol. The van der Waals surface area contributed by atoms with E-state index in [1.54, 1.807) is 6.07 Å². The highest BCUT2D eigenvalue weighted by atomic mass is 32.2. The molecule has 1 aromatic carbocycles. The molecule has 0 aliphatic rings. The highest BCUT2D eigenvalue weighted by Crippen LogP contribution is 2.31. The van der Waals surface area contributed by atoms with Crippen LogP contribution in [0, 0.1) is 11.6 Å². The second-order valence-corrected chi connectivity index (χ2v) is 6.27. The minimum atomic E-state index is -0.519. The van der Waals surface area contributed by atoms with E-state index < -0.39 is 11.6 Å². The molecule has 0 amide bonds. The van der Waals surface area contributed by atoms with Crippen LogP contribution < -0.4 is 5.32 Å². The summed E-state index contributed by atoms with van der Waals surface area (Å²) >= 11 is 1.52. The molecule has 20 heavy (non-hydrogen) atoms. The molecule has 0 spiro atoms. The Kier molecular flexibility index (Phi) is 8.15. The molecule has 0 aromatic heterocycles. The van der Waals surface area contributed by atoms with E-state index in [2.05, 4.69) is 26.1 Å². The Balaban J connectivity index is 2.76. The summed E-state index contributed by atoms with van der Waals surface area (Å²) in [6.07, 6.45) is 4.23. The quantitative estimate of drug-likeness (QED) is 0.644. The molecule has 1 aromatic rings. The third-order valence-corrected chi connectivity index (χ3v) is 4.83. The molecule has 0 saturated heterocycles. The zero-order chi connectivity index (χ0) is 15.0. The van der Waals surface area contributed by atoms with Crippen molar-refractivity contribution >= 4 is 11.8 Å². The van der Waals surface area contributed by atoms with Crippen LogP contribution in [-0.4, -0.2) is 17.8 Å². The van der Waals surface area contributed by atoms with Gasteiger partial charge in [-0.2, -0.15) is 0 Å². The number of halogens is 2. The predicted molar refractivity (Wildman–Crippen MR) is 83.3 cm³/mol. The van der Waals surface area contributed by atoms with Gasteiger partial charge in [0.2, 0.25) is 0 Å². The number of nitrogens with one attached hydrogen (secondary N) is 1. The lowest BCUT2D eigenvalue weighted by Crippen LogP contribution is -2.38. The maximum atomic E-state index is 13.8. The van der Waals surface area contributed by atoms with E-state index in [0.29, 0.717) is 16.2 Å². The van der Waals surface area contributed by atoms with Crippen molar-refractivity contribution in [3.05, 3.63) is 29.8 Å². The Bertz CT molecular complexity index is 398. The first-order valence-corrected chi connectivity index (χ1v) is 8.35. The van der Waals surface area contributed by atoms with Crippen LogP contribution in [0.1, 0.15) is 46.5 Å². The van der Waals surface area contributed by atoms with Crippen LogP contribution in [0.25, 0.3) is 0 Å². The third kappa shape index (κ3) is 5.41. The van der Waals surface area contributed by atoms with Gasteiger partial charge in [-0.15, -0.1) is 11.8 Å². The van der Waals surface area contributed by atoms with Crippen molar-refractivity contribution in [2.45, 2.75) is 62.6 Å². The fourth-order valence-corrected chi connectivity index (χ4v) is 3.45. The molecule has 0 fully saturated rings. The van der Waals surface area contributed by atoms with Crippen LogP contribution >= 0.6 is 11.8 Å². The van der Waals surface area contributed by atoms with Crippen molar-refractivity contribution in [3.63, 3.8) is 0 Å². The Hall–Kier alpha value is -0.610. The summed E-state index contributed by atoms with van der Waals surface area (Å²) in [5, 5.41) is 3.86. The lowest BCUT2D eigenvalue weighted by molar-refractivity contribution is 0.454. The van der Waals surface area contributed by atoms with E-state index in [1.807, 2.05) is 0 Å². The van der Waals surface area contributed by atoms with E-state index in [4.69, 9.17) is 0 Å². The smallest absolute Gasteiger partial charge is 0.139 e. The topological polar surface area (TPSA) is 12.0 Å². The van der Waals surface area contributed by atoms with Gasteiger partial charge in [0.15, 0.2) is 0 Å². The molecule has 0 saturated carbocycles. The van der Waals surface area contributed by atoms with Crippen molar-refractivity contribution in [3.8, 4) is 0 Å². The maximum absolute atomic E-state index is 13.8. The number of rotatable bonds is 9. The molecule has 0 aliphatic heterocycles. The monoisotopic (exact) mass is 301 g/mol. The van der Waals surface area contributed by atoms with Crippen molar-refractivity contribution in [1.29, 1.82) is 0 Å². The van der Waals surface area contributed by atoms with Gasteiger partial charge < -0.3 is 5.32 Å². The molecule has 4 heteroatoms. The van der Waals surface area contributed by atoms with Gasteiger partial charge in [-0.05, 0) is 37.9 Å². The Morgan fingerprint density at radius 3 is 2.45 bits per heavy atom. The summed E-state index contributed by atoms with van der Waals surface area (Å²) in [4.78, 5) is 0.539. The average molecular weight is 301 g/mol. The fraction of sp³-hybridized carbons (Fsp3) is 0.625. The molecule has 0 bridgehead atoms. The molecule has 114 valence electrons. The van der Waals surface area contributed by atoms with Gasteiger partial charge in [0.05, 0.1) is 0 Å². The molecule has 0 aliphatic carbocycles. The standard InChI is InChI=1S/C16H25F2NS/c1-4-7-14(19-10-5-2)15(6-3)20-16-9-8-12(17)11-13(16)18/h8-9,11,14-15,19H,4-7,10H2,1-3H3. The Morgan fingerprint density at radius 2 is 1.90 bits per heavy atom. The molecule has 2 atom stereocenters. The number of hydrogen-bond donors (Lipinski definition) is 1. The van der Waals surface area contributed by atoms with Crippen LogP contribution in [0.5, 0.6) is 0 Å². The zero-order valence-corrected chi connectivity index (χ0v) is 13.4. The van der Waals surface area contributed by atoms with E-state index in [1.165, 1.54) is 17.8 Å². The Labute approximate surface area is 125 Å². The largest absolute Gasteiger partial charge is 0.313 e. The summed E-state index contributed by atoms with van der Waals surface area (Å²) in [7, 11) is 0. The predicted octanol–water partition coefficient (Wildman–Crippen LogP) is 5.00. The van der Waals surface area contributed by atoms with Gasteiger partial charge in [-0.3, -0.25) is 0 Å². The number of hydrogen-bond acceptors (Lipinski definition) is 2. The van der Waals surface area contributed by atoms with Gasteiger partial charge in [0.1, 0.15) is 11.6 Å². The lowest BCUT2D eigenvalue weighted by atomic mass is 10.1. The van der Waals surface area contributed by atoms with Gasteiger partial charge in [0, 0.05) is 22.3 Å². The second kappa shape index (κ2) is 9.35. The van der Waals surface area contributed by atoms with Crippen molar-refractivity contribution in [2.24, 2.45) is 0 Å². The normalized spacial score (nSPS) is 14.2. The molecule has 1 rings (SSSR count). The lowest BCUT2D eigenvalue weighted by Gasteiger charge is -2.27. The zero-order valence-electron chi connectivity index (χ0n) is 12.6. The van der Waals surface area contributed by atoms with Gasteiger partial charge in [-0.25, -0.2) is 8.78 Å². The van der Waals surface area contributed by atoms with Gasteiger partial charge >= 0.3 is 0 Å². The van der Waals surface area contributed by atoms with E-state index in [-0.39, 0.29) is 0 Å². The summed E-state index contributed by atoms with van der Waals surface area (Å²) < 4.78 is 26.7. The van der Waals surface area contributed by atoms with Gasteiger partial charge in [0.25, 0.3) is 0 Å². The van der Waals surface area contributed by atoms with Crippen LogP contribution in [0.15, 0.2) is 23.1 Å². The summed E-state index contributed by atoms with van der Waals surface area (Å²) in [6.45, 7) is 7.41. The minimum absolute atomic E-state index is 0.307. The first kappa shape index (κ1) is 17.4. The fourth-order valence-electron chi connectivity index (χ4n) is 2.24. The average Bonchev–Trinajstić information content (AvgIpc) is 2.43.